The summed E-state index contributed by atoms with van der Waals surface area (Å²) in [6.45, 7) is 6.69. The van der Waals surface area contributed by atoms with Gasteiger partial charge in [0.25, 0.3) is 5.91 Å². The van der Waals surface area contributed by atoms with Crippen molar-refractivity contribution < 1.29 is 9.59 Å². The number of carbonyl (C=O) groups is 2. The Kier molecular flexibility index (Phi) is 5.97. The Hall–Kier alpha value is -3.68. The van der Waals surface area contributed by atoms with Crippen LogP contribution in [-0.2, 0) is 11.3 Å². The zero-order chi connectivity index (χ0) is 21.8. The first-order valence-corrected chi connectivity index (χ1v) is 10.4. The van der Waals surface area contributed by atoms with E-state index in [0.29, 0.717) is 37.4 Å². The Morgan fingerprint density at radius 2 is 1.71 bits per heavy atom. The minimum absolute atomic E-state index is 0.0644. The Morgan fingerprint density at radius 1 is 1.00 bits per heavy atom. The van der Waals surface area contributed by atoms with E-state index in [-0.39, 0.29) is 18.4 Å². The first kappa shape index (κ1) is 20.6. The second-order valence-corrected chi connectivity index (χ2v) is 7.66. The molecule has 1 saturated heterocycles. The van der Waals surface area contributed by atoms with Crippen LogP contribution in [0.25, 0.3) is 0 Å². The molecule has 2 aromatic heterocycles. The molecule has 8 nitrogen and oxygen atoms in total. The van der Waals surface area contributed by atoms with Crippen molar-refractivity contribution in [1.29, 1.82) is 0 Å². The van der Waals surface area contributed by atoms with E-state index in [1.165, 1.54) is 0 Å². The summed E-state index contributed by atoms with van der Waals surface area (Å²) < 4.78 is 1.75. The van der Waals surface area contributed by atoms with E-state index in [2.05, 4.69) is 20.3 Å². The maximum atomic E-state index is 12.9. The number of piperazine rings is 1. The molecule has 0 saturated carbocycles. The third kappa shape index (κ3) is 4.74. The average molecular weight is 419 g/mol. The number of benzene rings is 1. The molecule has 0 aliphatic carbocycles. The van der Waals surface area contributed by atoms with E-state index in [9.17, 15) is 9.59 Å². The molecule has 2 amide bonds. The molecule has 1 aromatic carbocycles. The molecule has 160 valence electrons. The molecular weight excluding hydrogens is 392 g/mol. The van der Waals surface area contributed by atoms with Gasteiger partial charge in [0.1, 0.15) is 6.54 Å². The molecule has 3 heterocycles. The van der Waals surface area contributed by atoms with E-state index in [0.717, 1.165) is 17.1 Å². The van der Waals surface area contributed by atoms with Crippen molar-refractivity contribution in [2.24, 2.45) is 0 Å². The highest BCUT2D eigenvalue weighted by Gasteiger charge is 2.24. The Morgan fingerprint density at radius 3 is 2.39 bits per heavy atom. The topological polar surface area (TPSA) is 83.4 Å². The summed E-state index contributed by atoms with van der Waals surface area (Å²) >= 11 is 0. The molecular formula is C23H26N6O2. The standard InChI is InChI=1S/C23H26N6O2/c1-17-15-18(2)29(26-17)16-22(30)28-13-11-27(12-14-28)21-6-4-3-5-20(21)23(31)25-19-7-9-24-10-8-19/h3-10,15H,11-14,16H2,1-2H3,(H,24,25,31). The van der Waals surface area contributed by atoms with Crippen molar-refractivity contribution in [1.82, 2.24) is 19.7 Å². The molecule has 4 rings (SSSR count). The first-order chi connectivity index (χ1) is 15.0. The predicted octanol–water partition coefficient (Wildman–Crippen LogP) is 2.50. The number of para-hydroxylation sites is 1. The highest BCUT2D eigenvalue weighted by atomic mass is 16.2. The van der Waals surface area contributed by atoms with E-state index in [4.69, 9.17) is 0 Å². The largest absolute Gasteiger partial charge is 0.367 e. The summed E-state index contributed by atoms with van der Waals surface area (Å²) in [5.41, 5.74) is 4.09. The number of hydrogen-bond acceptors (Lipinski definition) is 5. The lowest BCUT2D eigenvalue weighted by Crippen LogP contribution is -2.50. The normalized spacial score (nSPS) is 13.9. The van der Waals surface area contributed by atoms with Crippen molar-refractivity contribution in [2.75, 3.05) is 36.4 Å². The van der Waals surface area contributed by atoms with Crippen LogP contribution in [0.5, 0.6) is 0 Å². The van der Waals surface area contributed by atoms with Crippen LogP contribution in [0.3, 0.4) is 0 Å². The van der Waals surface area contributed by atoms with Gasteiger partial charge in [0, 0.05) is 55.6 Å². The molecule has 1 N–H and O–H groups in total. The van der Waals surface area contributed by atoms with Gasteiger partial charge in [-0.15, -0.1) is 0 Å². The van der Waals surface area contributed by atoms with E-state index in [1.807, 2.05) is 49.1 Å². The van der Waals surface area contributed by atoms with Crippen LogP contribution in [0.2, 0.25) is 0 Å². The predicted molar refractivity (Wildman–Crippen MR) is 119 cm³/mol. The summed E-state index contributed by atoms with van der Waals surface area (Å²) in [5, 5.41) is 7.30. The lowest BCUT2D eigenvalue weighted by molar-refractivity contribution is -0.132. The Labute approximate surface area is 181 Å². The minimum Gasteiger partial charge on any atom is -0.367 e. The Bertz CT molecular complexity index is 1070. The van der Waals surface area contributed by atoms with E-state index < -0.39 is 0 Å². The average Bonchev–Trinajstić information content (AvgIpc) is 3.11. The number of nitrogens with zero attached hydrogens (tertiary/aromatic N) is 5. The first-order valence-electron chi connectivity index (χ1n) is 10.4. The number of anilines is 2. The van der Waals surface area contributed by atoms with Gasteiger partial charge in [-0.2, -0.15) is 5.10 Å². The highest BCUT2D eigenvalue weighted by Crippen LogP contribution is 2.23. The number of pyridine rings is 1. The molecule has 0 unspecified atom stereocenters. The molecule has 0 atom stereocenters. The maximum absolute atomic E-state index is 12.9. The number of amides is 2. The number of hydrogen-bond donors (Lipinski definition) is 1. The van der Waals surface area contributed by atoms with Gasteiger partial charge in [0.05, 0.1) is 11.3 Å². The van der Waals surface area contributed by atoms with Gasteiger partial charge in [-0.1, -0.05) is 12.1 Å². The van der Waals surface area contributed by atoms with Gasteiger partial charge < -0.3 is 15.1 Å². The summed E-state index contributed by atoms with van der Waals surface area (Å²) in [6.07, 6.45) is 3.29. The van der Waals surface area contributed by atoms with Crippen LogP contribution in [0, 0.1) is 13.8 Å². The molecule has 1 aliphatic rings. The number of aromatic nitrogens is 3. The quantitative estimate of drug-likeness (QED) is 0.688. The maximum Gasteiger partial charge on any atom is 0.257 e. The van der Waals surface area contributed by atoms with Gasteiger partial charge in [0.15, 0.2) is 0 Å². The number of carbonyl (C=O) groups excluding carboxylic acids is 2. The summed E-state index contributed by atoms with van der Waals surface area (Å²) in [5.74, 6) is -0.0978. The molecule has 0 radical (unpaired) electrons. The molecule has 1 fully saturated rings. The number of aryl methyl sites for hydroxylation is 2. The van der Waals surface area contributed by atoms with Crippen LogP contribution in [0.1, 0.15) is 21.7 Å². The monoisotopic (exact) mass is 418 g/mol. The van der Waals surface area contributed by atoms with Crippen molar-refractivity contribution in [3.8, 4) is 0 Å². The number of nitrogens with one attached hydrogen (secondary N) is 1. The van der Waals surface area contributed by atoms with Crippen molar-refractivity contribution >= 4 is 23.2 Å². The van der Waals surface area contributed by atoms with E-state index >= 15 is 0 Å². The van der Waals surface area contributed by atoms with Crippen LogP contribution in [0.15, 0.2) is 54.9 Å². The van der Waals surface area contributed by atoms with E-state index in [1.54, 1.807) is 29.2 Å². The van der Waals surface area contributed by atoms with Gasteiger partial charge in [0.2, 0.25) is 5.91 Å². The summed E-state index contributed by atoms with van der Waals surface area (Å²) in [6, 6.07) is 13.1. The smallest absolute Gasteiger partial charge is 0.257 e. The highest BCUT2D eigenvalue weighted by molar-refractivity contribution is 6.08. The van der Waals surface area contributed by atoms with Gasteiger partial charge in [-0.3, -0.25) is 19.3 Å². The zero-order valence-electron chi connectivity index (χ0n) is 17.8. The van der Waals surface area contributed by atoms with Crippen LogP contribution < -0.4 is 10.2 Å². The number of rotatable bonds is 5. The van der Waals surface area contributed by atoms with Gasteiger partial charge >= 0.3 is 0 Å². The summed E-state index contributed by atoms with van der Waals surface area (Å²) in [4.78, 5) is 33.6. The lowest BCUT2D eigenvalue weighted by Gasteiger charge is -2.37. The summed E-state index contributed by atoms with van der Waals surface area (Å²) in [7, 11) is 0. The fraction of sp³-hybridized carbons (Fsp3) is 0.304. The van der Waals surface area contributed by atoms with Crippen LogP contribution in [-0.4, -0.2) is 57.7 Å². The van der Waals surface area contributed by atoms with Gasteiger partial charge in [-0.25, -0.2) is 0 Å². The van der Waals surface area contributed by atoms with Crippen LogP contribution >= 0.6 is 0 Å². The van der Waals surface area contributed by atoms with Crippen molar-refractivity contribution in [2.45, 2.75) is 20.4 Å². The molecule has 3 aromatic rings. The molecule has 0 bridgehead atoms. The SMILES string of the molecule is Cc1cc(C)n(CC(=O)N2CCN(c3ccccc3C(=O)Nc3ccncc3)CC2)n1. The molecule has 1 aliphatic heterocycles. The molecule has 8 heteroatoms. The third-order valence-corrected chi connectivity index (χ3v) is 5.45. The lowest BCUT2D eigenvalue weighted by atomic mass is 10.1. The second-order valence-electron chi connectivity index (χ2n) is 7.66. The minimum atomic E-state index is -0.162. The van der Waals surface area contributed by atoms with Gasteiger partial charge in [-0.05, 0) is 44.2 Å². The van der Waals surface area contributed by atoms with Crippen LogP contribution in [0.4, 0.5) is 11.4 Å². The fourth-order valence-corrected chi connectivity index (χ4v) is 3.83. The fourth-order valence-electron chi connectivity index (χ4n) is 3.83. The van der Waals surface area contributed by atoms with Crippen molar-refractivity contribution in [3.05, 3.63) is 71.8 Å². The molecule has 0 spiro atoms. The zero-order valence-corrected chi connectivity index (χ0v) is 17.8. The molecule has 31 heavy (non-hydrogen) atoms. The second kappa shape index (κ2) is 8.99. The van der Waals surface area contributed by atoms with Crippen molar-refractivity contribution in [3.63, 3.8) is 0 Å². The Balaban J connectivity index is 1.40. The third-order valence-electron chi connectivity index (χ3n) is 5.45.